The van der Waals surface area contributed by atoms with Crippen molar-refractivity contribution < 1.29 is 12.6 Å². The van der Waals surface area contributed by atoms with Crippen LogP contribution in [-0.4, -0.2) is 8.42 Å². The summed E-state index contributed by atoms with van der Waals surface area (Å²) < 4.78 is 29.7. The van der Waals surface area contributed by atoms with Gasteiger partial charge in [-0.15, -0.1) is 0 Å². The van der Waals surface area contributed by atoms with E-state index in [0.717, 1.165) is 11.1 Å². The van der Waals surface area contributed by atoms with Crippen LogP contribution in [0.3, 0.4) is 0 Å². The highest BCUT2D eigenvalue weighted by Crippen LogP contribution is 2.30. The molecule has 0 fully saturated rings. The Morgan fingerprint density at radius 3 is 2.53 bits per heavy atom. The molecular weight excluding hydrogens is 260 g/mol. The summed E-state index contributed by atoms with van der Waals surface area (Å²) in [7, 11) is -3.78. The Hall–Kier alpha value is -2.07. The molecule has 0 aromatic heterocycles. The first kappa shape index (κ1) is 12.0. The zero-order chi connectivity index (χ0) is 13.5. The van der Waals surface area contributed by atoms with Gasteiger partial charge in [-0.25, -0.2) is 0 Å². The van der Waals surface area contributed by atoms with Gasteiger partial charge in [-0.2, -0.15) is 8.42 Å². The lowest BCUT2D eigenvalue weighted by atomic mass is 10.1. The van der Waals surface area contributed by atoms with E-state index in [0.29, 0.717) is 11.3 Å². The van der Waals surface area contributed by atoms with Crippen LogP contribution in [0.4, 0.5) is 0 Å². The van der Waals surface area contributed by atoms with E-state index < -0.39 is 10.1 Å². The Balaban J connectivity index is 2.28. The van der Waals surface area contributed by atoms with Crippen LogP contribution in [0.2, 0.25) is 0 Å². The van der Waals surface area contributed by atoms with E-state index in [-0.39, 0.29) is 4.90 Å². The van der Waals surface area contributed by atoms with E-state index in [2.05, 4.69) is 0 Å². The van der Waals surface area contributed by atoms with E-state index in [9.17, 15) is 8.42 Å². The van der Waals surface area contributed by atoms with Crippen LogP contribution < -0.4 is 4.18 Å². The minimum atomic E-state index is -3.78. The Morgan fingerprint density at radius 1 is 0.947 bits per heavy atom. The smallest absolute Gasteiger partial charge is 0.339 e. The van der Waals surface area contributed by atoms with Crippen molar-refractivity contribution in [3.63, 3.8) is 0 Å². The molecule has 1 aliphatic heterocycles. The molecule has 4 heteroatoms. The summed E-state index contributed by atoms with van der Waals surface area (Å²) in [4.78, 5) is 0.192. The van der Waals surface area contributed by atoms with Gasteiger partial charge < -0.3 is 4.18 Å². The number of fused-ring (bicyclic) bond motifs is 2. The van der Waals surface area contributed by atoms with Gasteiger partial charge in [-0.05, 0) is 30.7 Å². The van der Waals surface area contributed by atoms with Crippen molar-refractivity contribution in [2.75, 3.05) is 0 Å². The lowest BCUT2D eigenvalue weighted by Gasteiger charge is -2.14. The predicted molar refractivity (Wildman–Crippen MR) is 74.4 cm³/mol. The van der Waals surface area contributed by atoms with Crippen molar-refractivity contribution in [3.8, 4) is 5.75 Å². The SMILES string of the molecule is Cc1ccc2c(c1)/C=C\c1ccccc1S(=O)(=O)O2. The second kappa shape index (κ2) is 4.24. The largest absolute Gasteiger partial charge is 0.378 e. The molecule has 1 aliphatic rings. The zero-order valence-electron chi connectivity index (χ0n) is 10.3. The molecule has 0 spiro atoms. The van der Waals surface area contributed by atoms with Gasteiger partial charge in [0, 0.05) is 5.56 Å². The zero-order valence-corrected chi connectivity index (χ0v) is 11.1. The van der Waals surface area contributed by atoms with Crippen molar-refractivity contribution >= 4 is 22.3 Å². The molecule has 19 heavy (non-hydrogen) atoms. The lowest BCUT2D eigenvalue weighted by molar-refractivity contribution is 0.485. The van der Waals surface area contributed by atoms with Crippen LogP contribution in [0.15, 0.2) is 47.4 Å². The molecule has 96 valence electrons. The van der Waals surface area contributed by atoms with E-state index >= 15 is 0 Å². The predicted octanol–water partition coefficient (Wildman–Crippen LogP) is 3.25. The Morgan fingerprint density at radius 2 is 1.68 bits per heavy atom. The molecule has 0 saturated heterocycles. The van der Waals surface area contributed by atoms with Crippen LogP contribution >= 0.6 is 0 Å². The molecule has 2 aromatic rings. The lowest BCUT2D eigenvalue weighted by Crippen LogP contribution is -2.12. The quantitative estimate of drug-likeness (QED) is 0.691. The number of rotatable bonds is 0. The van der Waals surface area contributed by atoms with Crippen LogP contribution in [0.25, 0.3) is 12.2 Å². The molecule has 0 atom stereocenters. The van der Waals surface area contributed by atoms with Crippen LogP contribution in [0.1, 0.15) is 16.7 Å². The first-order valence-electron chi connectivity index (χ1n) is 5.88. The van der Waals surface area contributed by atoms with Gasteiger partial charge in [0.1, 0.15) is 10.6 Å². The van der Waals surface area contributed by atoms with Crippen molar-refractivity contribution in [2.45, 2.75) is 11.8 Å². The summed E-state index contributed by atoms with van der Waals surface area (Å²) in [5, 5.41) is 0. The highest BCUT2D eigenvalue weighted by atomic mass is 32.2. The van der Waals surface area contributed by atoms with Crippen LogP contribution in [0, 0.1) is 6.92 Å². The van der Waals surface area contributed by atoms with Gasteiger partial charge in [-0.1, -0.05) is 42.0 Å². The van der Waals surface area contributed by atoms with Gasteiger partial charge in [-0.3, -0.25) is 0 Å². The maximum atomic E-state index is 12.2. The second-order valence-corrected chi connectivity index (χ2v) is 5.96. The molecule has 3 rings (SSSR count). The minimum absolute atomic E-state index is 0.192. The summed E-state index contributed by atoms with van der Waals surface area (Å²) in [5.74, 6) is 0.358. The number of aryl methyl sites for hydroxylation is 1. The van der Waals surface area contributed by atoms with Crippen molar-refractivity contribution in [2.24, 2.45) is 0 Å². The van der Waals surface area contributed by atoms with Gasteiger partial charge in [0.05, 0.1) is 0 Å². The summed E-state index contributed by atoms with van der Waals surface area (Å²) >= 11 is 0. The standard InChI is InChI=1S/C15H12O3S/c1-11-6-9-14-13(10-11)8-7-12-4-2-3-5-15(12)19(16,17)18-14/h2-10H,1H3/b8-7-. The third-order valence-electron chi connectivity index (χ3n) is 3.00. The van der Waals surface area contributed by atoms with E-state index in [1.54, 1.807) is 36.4 Å². The van der Waals surface area contributed by atoms with Crippen molar-refractivity contribution in [3.05, 3.63) is 59.2 Å². The van der Waals surface area contributed by atoms with Gasteiger partial charge in [0.15, 0.2) is 0 Å². The maximum Gasteiger partial charge on any atom is 0.339 e. The van der Waals surface area contributed by atoms with E-state index in [1.807, 2.05) is 25.1 Å². The molecule has 0 saturated carbocycles. The molecule has 3 nitrogen and oxygen atoms in total. The van der Waals surface area contributed by atoms with Gasteiger partial charge in [0.2, 0.25) is 0 Å². The molecule has 0 bridgehead atoms. The molecule has 0 unspecified atom stereocenters. The summed E-state index contributed by atoms with van der Waals surface area (Å²) in [6.07, 6.45) is 3.67. The summed E-state index contributed by atoms with van der Waals surface area (Å²) in [6, 6.07) is 12.2. The maximum absolute atomic E-state index is 12.2. The normalized spacial score (nSPS) is 17.3. The monoisotopic (exact) mass is 272 g/mol. The molecule has 0 aliphatic carbocycles. The highest BCUT2D eigenvalue weighted by molar-refractivity contribution is 7.87. The fourth-order valence-electron chi connectivity index (χ4n) is 2.06. The van der Waals surface area contributed by atoms with Crippen LogP contribution in [-0.2, 0) is 10.1 Å². The topological polar surface area (TPSA) is 43.4 Å². The van der Waals surface area contributed by atoms with Crippen LogP contribution in [0.5, 0.6) is 5.75 Å². The molecule has 0 amide bonds. The number of hydrogen-bond donors (Lipinski definition) is 0. The van der Waals surface area contributed by atoms with E-state index in [4.69, 9.17) is 4.18 Å². The fourth-order valence-corrected chi connectivity index (χ4v) is 3.21. The molecule has 0 radical (unpaired) electrons. The van der Waals surface area contributed by atoms with Gasteiger partial charge >= 0.3 is 10.1 Å². The molecule has 1 heterocycles. The number of hydrogen-bond acceptors (Lipinski definition) is 3. The first-order valence-corrected chi connectivity index (χ1v) is 7.29. The van der Waals surface area contributed by atoms with E-state index in [1.165, 1.54) is 0 Å². The summed E-state index contributed by atoms with van der Waals surface area (Å²) in [5.41, 5.74) is 2.45. The number of benzene rings is 2. The third-order valence-corrected chi connectivity index (χ3v) is 4.31. The molecule has 2 aromatic carbocycles. The van der Waals surface area contributed by atoms with Crippen molar-refractivity contribution in [1.82, 2.24) is 0 Å². The van der Waals surface area contributed by atoms with Crippen molar-refractivity contribution in [1.29, 1.82) is 0 Å². The third kappa shape index (κ3) is 2.15. The molecule has 0 N–H and O–H groups in total. The average Bonchev–Trinajstić information content (AvgIpc) is 2.38. The first-order chi connectivity index (χ1) is 9.06. The Bertz CT molecular complexity index is 774. The Labute approximate surface area is 112 Å². The summed E-state index contributed by atoms with van der Waals surface area (Å²) in [6.45, 7) is 1.95. The average molecular weight is 272 g/mol. The van der Waals surface area contributed by atoms with Gasteiger partial charge in [0.25, 0.3) is 0 Å². The fraction of sp³-hybridized carbons (Fsp3) is 0.0667. The molecular formula is C15H12O3S. The Kier molecular flexibility index (Phi) is 2.68. The second-order valence-electron chi connectivity index (χ2n) is 4.45. The minimum Gasteiger partial charge on any atom is -0.378 e. The highest BCUT2D eigenvalue weighted by Gasteiger charge is 2.22.